The van der Waals surface area contributed by atoms with Crippen LogP contribution < -0.4 is 16.4 Å². The topological polar surface area (TPSA) is 122 Å². The lowest BCUT2D eigenvalue weighted by Crippen LogP contribution is -2.54. The number of piperidine rings is 1. The summed E-state index contributed by atoms with van der Waals surface area (Å²) in [4.78, 5) is 49.8. The third-order valence-electron chi connectivity index (χ3n) is 4.89. The van der Waals surface area contributed by atoms with Crippen molar-refractivity contribution in [3.05, 3.63) is 59.2 Å². The molecule has 2 aromatic rings. The molecule has 4 amide bonds. The molecule has 2 aromatic carbocycles. The van der Waals surface area contributed by atoms with Gasteiger partial charge in [-0.3, -0.25) is 29.4 Å². The first-order chi connectivity index (χ1) is 13.4. The largest absolute Gasteiger partial charge is 0.399 e. The molecule has 0 saturated carbocycles. The summed E-state index contributed by atoms with van der Waals surface area (Å²) in [5, 5.41) is 5.38. The highest BCUT2D eigenvalue weighted by Crippen LogP contribution is 2.29. The van der Waals surface area contributed by atoms with E-state index < -0.39 is 29.7 Å². The van der Waals surface area contributed by atoms with Gasteiger partial charge in [0.15, 0.2) is 0 Å². The van der Waals surface area contributed by atoms with Crippen molar-refractivity contribution in [2.45, 2.75) is 25.4 Å². The number of carbonyl (C=O) groups excluding carboxylic acids is 4. The number of nitrogen functional groups attached to an aromatic ring is 1. The van der Waals surface area contributed by atoms with Crippen LogP contribution in [-0.4, -0.2) is 34.6 Å². The maximum absolute atomic E-state index is 12.8. The molecule has 0 aliphatic carbocycles. The Morgan fingerprint density at radius 2 is 1.82 bits per heavy atom. The molecule has 1 fully saturated rings. The number of amides is 4. The molecule has 1 unspecified atom stereocenters. The third-order valence-corrected chi connectivity index (χ3v) is 4.89. The predicted molar refractivity (Wildman–Crippen MR) is 101 cm³/mol. The summed E-state index contributed by atoms with van der Waals surface area (Å²) in [6, 6.07) is 11.4. The van der Waals surface area contributed by atoms with Crippen molar-refractivity contribution in [1.82, 2.24) is 10.2 Å². The van der Waals surface area contributed by atoms with E-state index in [1.807, 2.05) is 18.2 Å². The Morgan fingerprint density at radius 3 is 2.57 bits per heavy atom. The number of nitrogens with two attached hydrogens (primary N) is 1. The zero-order valence-electron chi connectivity index (χ0n) is 14.9. The zero-order chi connectivity index (χ0) is 19.8. The second-order valence-corrected chi connectivity index (χ2v) is 6.81. The van der Waals surface area contributed by atoms with E-state index in [1.54, 1.807) is 24.3 Å². The summed E-state index contributed by atoms with van der Waals surface area (Å²) < 4.78 is 0. The number of imide groups is 2. The van der Waals surface area contributed by atoms with Gasteiger partial charge in [0.2, 0.25) is 11.8 Å². The molecule has 1 atom stereocenters. The molecule has 4 N–H and O–H groups in total. The minimum absolute atomic E-state index is 0.0941. The molecule has 2 aliphatic heterocycles. The Morgan fingerprint density at radius 1 is 1.04 bits per heavy atom. The second kappa shape index (κ2) is 6.80. The number of hydrogen-bond donors (Lipinski definition) is 3. The minimum Gasteiger partial charge on any atom is -0.399 e. The standard InChI is InChI=1S/C20H18N4O4/c21-12-3-1-2-11(8-12)10-22-13-4-5-14-15(9-13)20(28)24(19(14)27)16-6-7-17(25)23-18(16)26/h1-5,8-9,16,22H,6-7,10,21H2,(H,23,25,26). The molecule has 2 aliphatic rings. The Hall–Kier alpha value is -3.68. The number of hydrogen-bond acceptors (Lipinski definition) is 6. The highest BCUT2D eigenvalue weighted by Gasteiger charge is 2.44. The molecule has 0 bridgehead atoms. The summed E-state index contributed by atoms with van der Waals surface area (Å²) >= 11 is 0. The van der Waals surface area contributed by atoms with Crippen molar-refractivity contribution in [1.29, 1.82) is 0 Å². The number of anilines is 2. The molecular weight excluding hydrogens is 360 g/mol. The smallest absolute Gasteiger partial charge is 0.262 e. The van der Waals surface area contributed by atoms with Crippen molar-refractivity contribution in [2.75, 3.05) is 11.1 Å². The van der Waals surface area contributed by atoms with Crippen LogP contribution in [0.3, 0.4) is 0 Å². The van der Waals surface area contributed by atoms with Gasteiger partial charge in [0.05, 0.1) is 11.1 Å². The molecule has 142 valence electrons. The van der Waals surface area contributed by atoms with Crippen LogP contribution in [0, 0.1) is 0 Å². The molecule has 28 heavy (non-hydrogen) atoms. The molecule has 1 saturated heterocycles. The van der Waals surface area contributed by atoms with Gasteiger partial charge in [-0.05, 0) is 42.3 Å². The third kappa shape index (κ3) is 3.09. The fourth-order valence-electron chi connectivity index (χ4n) is 3.49. The first kappa shape index (κ1) is 17.7. The van der Waals surface area contributed by atoms with Crippen molar-refractivity contribution in [2.24, 2.45) is 0 Å². The monoisotopic (exact) mass is 378 g/mol. The first-order valence-electron chi connectivity index (χ1n) is 8.88. The Labute approximate surface area is 160 Å². The van der Waals surface area contributed by atoms with Gasteiger partial charge in [-0.2, -0.15) is 0 Å². The van der Waals surface area contributed by atoms with Crippen LogP contribution >= 0.6 is 0 Å². The molecule has 0 spiro atoms. The summed E-state index contributed by atoms with van der Waals surface area (Å²) in [5.74, 6) is -2.06. The van der Waals surface area contributed by atoms with Crippen LogP contribution in [-0.2, 0) is 16.1 Å². The SMILES string of the molecule is Nc1cccc(CNc2ccc3c(c2)C(=O)N(C2CCC(=O)NC2=O)C3=O)c1. The maximum Gasteiger partial charge on any atom is 0.262 e. The van der Waals surface area contributed by atoms with E-state index in [1.165, 1.54) is 0 Å². The van der Waals surface area contributed by atoms with Crippen molar-refractivity contribution in [3.8, 4) is 0 Å². The molecular formula is C20H18N4O4. The van der Waals surface area contributed by atoms with E-state index in [0.29, 0.717) is 17.9 Å². The number of benzene rings is 2. The highest BCUT2D eigenvalue weighted by atomic mass is 16.2. The molecule has 8 nitrogen and oxygen atoms in total. The predicted octanol–water partition coefficient (Wildman–Crippen LogP) is 1.28. The van der Waals surface area contributed by atoms with E-state index in [-0.39, 0.29) is 24.0 Å². The minimum atomic E-state index is -0.964. The van der Waals surface area contributed by atoms with E-state index in [0.717, 1.165) is 10.5 Å². The van der Waals surface area contributed by atoms with Gasteiger partial charge in [0.1, 0.15) is 6.04 Å². The Bertz CT molecular complexity index is 1020. The average Bonchev–Trinajstić information content (AvgIpc) is 2.91. The van der Waals surface area contributed by atoms with E-state index in [4.69, 9.17) is 5.73 Å². The second-order valence-electron chi connectivity index (χ2n) is 6.81. The number of nitrogens with one attached hydrogen (secondary N) is 2. The van der Waals surface area contributed by atoms with Gasteiger partial charge in [-0.15, -0.1) is 0 Å². The number of carbonyl (C=O) groups is 4. The zero-order valence-corrected chi connectivity index (χ0v) is 14.9. The van der Waals surface area contributed by atoms with Crippen LogP contribution in [0.2, 0.25) is 0 Å². The Kier molecular flexibility index (Phi) is 4.31. The number of nitrogens with zero attached hydrogens (tertiary/aromatic N) is 1. The fourth-order valence-corrected chi connectivity index (χ4v) is 3.49. The summed E-state index contributed by atoms with van der Waals surface area (Å²) in [7, 11) is 0. The molecule has 8 heteroatoms. The van der Waals surface area contributed by atoms with E-state index in [2.05, 4.69) is 10.6 Å². The number of rotatable bonds is 4. The number of fused-ring (bicyclic) bond motifs is 1. The van der Waals surface area contributed by atoms with Crippen LogP contribution in [0.4, 0.5) is 11.4 Å². The van der Waals surface area contributed by atoms with Gasteiger partial charge in [-0.25, -0.2) is 0 Å². The quantitative estimate of drug-likeness (QED) is 0.544. The fraction of sp³-hybridized carbons (Fsp3) is 0.200. The van der Waals surface area contributed by atoms with Crippen LogP contribution in [0.15, 0.2) is 42.5 Å². The summed E-state index contributed by atoms with van der Waals surface area (Å²) in [6.07, 6.45) is 0.230. The first-order valence-corrected chi connectivity index (χ1v) is 8.88. The molecule has 0 radical (unpaired) electrons. The Balaban J connectivity index is 1.54. The van der Waals surface area contributed by atoms with Gasteiger partial charge in [-0.1, -0.05) is 12.1 Å². The van der Waals surface area contributed by atoms with Crippen LogP contribution in [0.5, 0.6) is 0 Å². The maximum atomic E-state index is 12.8. The van der Waals surface area contributed by atoms with Gasteiger partial charge < -0.3 is 11.1 Å². The van der Waals surface area contributed by atoms with Crippen LogP contribution in [0.25, 0.3) is 0 Å². The van der Waals surface area contributed by atoms with Gasteiger partial charge in [0, 0.05) is 24.3 Å². The van der Waals surface area contributed by atoms with E-state index >= 15 is 0 Å². The summed E-state index contributed by atoms with van der Waals surface area (Å²) in [5.41, 5.74) is 8.58. The van der Waals surface area contributed by atoms with Gasteiger partial charge in [0.25, 0.3) is 11.8 Å². The van der Waals surface area contributed by atoms with Gasteiger partial charge >= 0.3 is 0 Å². The molecule has 0 aromatic heterocycles. The molecule has 2 heterocycles. The van der Waals surface area contributed by atoms with E-state index in [9.17, 15) is 19.2 Å². The summed E-state index contributed by atoms with van der Waals surface area (Å²) in [6.45, 7) is 0.503. The van der Waals surface area contributed by atoms with Crippen molar-refractivity contribution >= 4 is 35.0 Å². The lowest BCUT2D eigenvalue weighted by Gasteiger charge is -2.27. The van der Waals surface area contributed by atoms with Crippen LogP contribution in [0.1, 0.15) is 39.1 Å². The molecule has 4 rings (SSSR count). The average molecular weight is 378 g/mol. The lowest BCUT2D eigenvalue weighted by atomic mass is 10.0. The van der Waals surface area contributed by atoms with Crippen molar-refractivity contribution in [3.63, 3.8) is 0 Å². The highest BCUT2D eigenvalue weighted by molar-refractivity contribution is 6.23. The van der Waals surface area contributed by atoms with Crippen molar-refractivity contribution < 1.29 is 19.2 Å². The lowest BCUT2D eigenvalue weighted by molar-refractivity contribution is -0.136. The normalized spacial score (nSPS) is 18.9.